The van der Waals surface area contributed by atoms with Crippen molar-refractivity contribution in [2.45, 2.75) is 32.7 Å². The van der Waals surface area contributed by atoms with Crippen LogP contribution in [0.1, 0.15) is 24.2 Å². The van der Waals surface area contributed by atoms with Crippen molar-refractivity contribution in [3.8, 4) is 0 Å². The van der Waals surface area contributed by atoms with Crippen molar-refractivity contribution >= 4 is 16.7 Å². The highest BCUT2D eigenvalue weighted by atomic mass is 32.2. The van der Waals surface area contributed by atoms with Crippen LogP contribution in [-0.2, 0) is 10.8 Å². The molecule has 1 fully saturated rings. The lowest BCUT2D eigenvalue weighted by Crippen LogP contribution is -2.30. The number of aryl methyl sites for hydroxylation is 2. The lowest BCUT2D eigenvalue weighted by molar-refractivity contribution is 0.618. The normalized spacial score (nSPS) is 25.4. The number of anilines is 1. The lowest BCUT2D eigenvalue weighted by atomic mass is 10.2. The van der Waals surface area contributed by atoms with Crippen molar-refractivity contribution < 1.29 is 4.21 Å². The maximum absolute atomic E-state index is 11.2. The van der Waals surface area contributed by atoms with Crippen LogP contribution in [0.25, 0.3) is 0 Å². The molecule has 0 aliphatic carbocycles. The van der Waals surface area contributed by atoms with Crippen molar-refractivity contribution in [3.05, 3.63) is 11.4 Å². The molecule has 1 aliphatic heterocycles. The van der Waals surface area contributed by atoms with E-state index in [1.165, 1.54) is 0 Å². The van der Waals surface area contributed by atoms with E-state index in [0.717, 1.165) is 35.7 Å². The van der Waals surface area contributed by atoms with Gasteiger partial charge in [0.15, 0.2) is 0 Å². The van der Waals surface area contributed by atoms with Crippen LogP contribution in [0.5, 0.6) is 0 Å². The Balaban J connectivity index is 1.98. The second-order valence-electron chi connectivity index (χ2n) is 4.07. The van der Waals surface area contributed by atoms with E-state index in [1.807, 2.05) is 13.8 Å². The van der Waals surface area contributed by atoms with E-state index in [1.54, 1.807) is 0 Å². The summed E-state index contributed by atoms with van der Waals surface area (Å²) in [4.78, 5) is 4.33. The average molecular weight is 240 g/mol. The standard InChI is InChI=1S/C10H16N4OS/c1-7-8(2)13-14-10(11-7)12-9-3-5-16(15)6-4-9/h9H,3-6H2,1-2H3,(H,11,12,14). The molecule has 0 atom stereocenters. The SMILES string of the molecule is Cc1nnc(NC2CCS(=O)CC2)nc1C. The van der Waals surface area contributed by atoms with Gasteiger partial charge < -0.3 is 5.32 Å². The smallest absolute Gasteiger partial charge is 0.243 e. The first-order valence-electron chi connectivity index (χ1n) is 5.44. The summed E-state index contributed by atoms with van der Waals surface area (Å²) < 4.78 is 11.2. The molecule has 2 heterocycles. The van der Waals surface area contributed by atoms with E-state index < -0.39 is 10.8 Å². The van der Waals surface area contributed by atoms with E-state index in [2.05, 4.69) is 20.5 Å². The Hall–Kier alpha value is -1.04. The Morgan fingerprint density at radius 1 is 1.19 bits per heavy atom. The van der Waals surface area contributed by atoms with Crippen LogP contribution in [0, 0.1) is 13.8 Å². The molecule has 88 valence electrons. The lowest BCUT2D eigenvalue weighted by Gasteiger charge is -2.22. The molecule has 0 amide bonds. The minimum atomic E-state index is -0.623. The number of nitrogens with zero attached hydrogens (tertiary/aromatic N) is 3. The van der Waals surface area contributed by atoms with Gasteiger partial charge in [-0.05, 0) is 26.7 Å². The predicted molar refractivity (Wildman–Crippen MR) is 63.8 cm³/mol. The van der Waals surface area contributed by atoms with E-state index in [-0.39, 0.29) is 0 Å². The molecular formula is C10H16N4OS. The fraction of sp³-hybridized carbons (Fsp3) is 0.700. The second-order valence-corrected chi connectivity index (χ2v) is 5.77. The first-order chi connectivity index (χ1) is 7.65. The molecule has 0 spiro atoms. The van der Waals surface area contributed by atoms with Gasteiger partial charge in [0.2, 0.25) is 5.95 Å². The molecule has 6 heteroatoms. The predicted octanol–water partition coefficient (Wildman–Crippen LogP) is 0.811. The van der Waals surface area contributed by atoms with Gasteiger partial charge in [0, 0.05) is 28.3 Å². The number of hydrogen-bond donors (Lipinski definition) is 1. The highest BCUT2D eigenvalue weighted by Crippen LogP contribution is 2.13. The van der Waals surface area contributed by atoms with Crippen molar-refractivity contribution in [2.75, 3.05) is 16.8 Å². The molecule has 1 saturated heterocycles. The molecule has 5 nitrogen and oxygen atoms in total. The molecule has 2 rings (SSSR count). The molecule has 1 aromatic rings. The van der Waals surface area contributed by atoms with E-state index in [4.69, 9.17) is 0 Å². The molecule has 0 saturated carbocycles. The third kappa shape index (κ3) is 2.75. The molecule has 1 aliphatic rings. The molecule has 0 unspecified atom stereocenters. The Bertz CT molecular complexity index is 400. The Morgan fingerprint density at radius 3 is 2.50 bits per heavy atom. The number of nitrogens with one attached hydrogen (secondary N) is 1. The largest absolute Gasteiger partial charge is 0.350 e. The summed E-state index contributed by atoms with van der Waals surface area (Å²) in [6, 6.07) is 0.335. The van der Waals surface area contributed by atoms with Crippen LogP contribution < -0.4 is 5.32 Å². The number of hydrogen-bond acceptors (Lipinski definition) is 5. The van der Waals surface area contributed by atoms with Gasteiger partial charge in [0.25, 0.3) is 0 Å². The van der Waals surface area contributed by atoms with E-state index >= 15 is 0 Å². The number of aromatic nitrogens is 3. The van der Waals surface area contributed by atoms with Gasteiger partial charge in [-0.25, -0.2) is 4.98 Å². The van der Waals surface area contributed by atoms with Gasteiger partial charge in [0.1, 0.15) is 0 Å². The molecule has 0 bridgehead atoms. The Kier molecular flexibility index (Phi) is 3.48. The fourth-order valence-electron chi connectivity index (χ4n) is 1.64. The van der Waals surface area contributed by atoms with Gasteiger partial charge in [-0.2, -0.15) is 5.10 Å². The van der Waals surface area contributed by atoms with E-state index in [9.17, 15) is 4.21 Å². The molecular weight excluding hydrogens is 224 g/mol. The van der Waals surface area contributed by atoms with Gasteiger partial charge in [-0.1, -0.05) is 0 Å². The van der Waals surface area contributed by atoms with Crippen LogP contribution in [0.15, 0.2) is 0 Å². The van der Waals surface area contributed by atoms with Gasteiger partial charge >= 0.3 is 0 Å². The average Bonchev–Trinajstić information content (AvgIpc) is 2.27. The zero-order chi connectivity index (χ0) is 11.5. The molecule has 1 N–H and O–H groups in total. The highest BCUT2D eigenvalue weighted by Gasteiger charge is 2.18. The van der Waals surface area contributed by atoms with Crippen molar-refractivity contribution in [2.24, 2.45) is 0 Å². The van der Waals surface area contributed by atoms with Crippen molar-refractivity contribution in [3.63, 3.8) is 0 Å². The summed E-state index contributed by atoms with van der Waals surface area (Å²) in [5.74, 6) is 2.13. The topological polar surface area (TPSA) is 67.8 Å². The van der Waals surface area contributed by atoms with E-state index in [0.29, 0.717) is 12.0 Å². The van der Waals surface area contributed by atoms with Crippen LogP contribution >= 0.6 is 0 Å². The Labute approximate surface area is 97.5 Å². The first-order valence-corrected chi connectivity index (χ1v) is 6.93. The van der Waals surface area contributed by atoms with Gasteiger partial charge in [-0.3, -0.25) is 4.21 Å². The maximum Gasteiger partial charge on any atom is 0.243 e. The summed E-state index contributed by atoms with van der Waals surface area (Å²) >= 11 is 0. The van der Waals surface area contributed by atoms with Crippen LogP contribution in [0.2, 0.25) is 0 Å². The van der Waals surface area contributed by atoms with Gasteiger partial charge in [-0.15, -0.1) is 5.10 Å². The van der Waals surface area contributed by atoms with Crippen LogP contribution in [-0.4, -0.2) is 36.9 Å². The fourth-order valence-corrected chi connectivity index (χ4v) is 2.94. The van der Waals surface area contributed by atoms with Gasteiger partial charge in [0.05, 0.1) is 11.4 Å². The van der Waals surface area contributed by atoms with Crippen LogP contribution in [0.3, 0.4) is 0 Å². The summed E-state index contributed by atoms with van der Waals surface area (Å²) in [6.07, 6.45) is 1.84. The highest BCUT2D eigenvalue weighted by molar-refractivity contribution is 7.85. The monoisotopic (exact) mass is 240 g/mol. The minimum Gasteiger partial charge on any atom is -0.350 e. The van der Waals surface area contributed by atoms with Crippen molar-refractivity contribution in [1.29, 1.82) is 0 Å². The third-order valence-electron chi connectivity index (χ3n) is 2.81. The summed E-state index contributed by atoms with van der Waals surface area (Å²) in [6.45, 7) is 3.81. The zero-order valence-electron chi connectivity index (χ0n) is 9.56. The van der Waals surface area contributed by atoms with Crippen molar-refractivity contribution in [1.82, 2.24) is 15.2 Å². The summed E-state index contributed by atoms with van der Waals surface area (Å²) in [5, 5.41) is 11.3. The quantitative estimate of drug-likeness (QED) is 0.828. The molecule has 16 heavy (non-hydrogen) atoms. The van der Waals surface area contributed by atoms with Crippen LogP contribution in [0.4, 0.5) is 5.95 Å². The summed E-state index contributed by atoms with van der Waals surface area (Å²) in [7, 11) is -0.623. The zero-order valence-corrected chi connectivity index (χ0v) is 10.4. The second kappa shape index (κ2) is 4.86. The molecule has 0 aromatic carbocycles. The third-order valence-corrected chi connectivity index (χ3v) is 4.20. The first kappa shape index (κ1) is 11.4. The summed E-state index contributed by atoms with van der Waals surface area (Å²) in [5.41, 5.74) is 1.76. The number of rotatable bonds is 2. The Morgan fingerprint density at radius 2 is 1.88 bits per heavy atom. The minimum absolute atomic E-state index is 0.335. The maximum atomic E-state index is 11.2. The molecule has 0 radical (unpaired) electrons. The molecule has 1 aromatic heterocycles.